The third-order valence-electron chi connectivity index (χ3n) is 4.92. The predicted octanol–water partition coefficient (Wildman–Crippen LogP) is 2.72. The molecular weight excluding hydrogens is 371 g/mol. The zero-order chi connectivity index (χ0) is 21.2. The van der Waals surface area contributed by atoms with Crippen LogP contribution in [0.15, 0.2) is 24.3 Å². The molecule has 0 atom stereocenters. The van der Waals surface area contributed by atoms with E-state index >= 15 is 0 Å². The number of rotatable bonds is 4. The highest BCUT2D eigenvalue weighted by Gasteiger charge is 2.24. The molecule has 1 N–H and O–H groups in total. The molecule has 2 aromatic rings. The van der Waals surface area contributed by atoms with E-state index in [1.54, 1.807) is 12.1 Å². The summed E-state index contributed by atoms with van der Waals surface area (Å²) in [4.78, 5) is 16.6. The summed E-state index contributed by atoms with van der Waals surface area (Å²) in [5.74, 6) is 0.0990. The van der Waals surface area contributed by atoms with Crippen molar-refractivity contribution in [2.75, 3.05) is 42.9 Å². The normalized spacial score (nSPS) is 15.2. The Morgan fingerprint density at radius 1 is 1.28 bits per heavy atom. The number of hydrogen-bond acceptors (Lipinski definition) is 5. The molecule has 3 rings (SSSR count). The van der Waals surface area contributed by atoms with Gasteiger partial charge in [-0.05, 0) is 39.8 Å². The van der Waals surface area contributed by atoms with Crippen LogP contribution in [-0.2, 0) is 10.3 Å². The molecule has 1 aliphatic rings. The van der Waals surface area contributed by atoms with E-state index in [0.717, 1.165) is 5.69 Å². The first-order chi connectivity index (χ1) is 13.7. The number of nitrogens with one attached hydrogen (secondary N) is 1. The summed E-state index contributed by atoms with van der Waals surface area (Å²) in [5.41, 5.74) is 1.31. The van der Waals surface area contributed by atoms with Gasteiger partial charge < -0.3 is 10.2 Å². The van der Waals surface area contributed by atoms with Gasteiger partial charge in [-0.2, -0.15) is 10.4 Å². The smallest absolute Gasteiger partial charge is 0.239 e. The SMILES string of the molecule is Cc1cc(NC(=O)CN2CCN(c3cccc(F)c3C#N)CC2)n(C(C)(C)C)n1. The monoisotopic (exact) mass is 398 g/mol. The molecular formula is C21H27FN6O. The Balaban J connectivity index is 1.59. The Hall–Kier alpha value is -2.92. The number of carbonyl (C=O) groups excluding carboxylic acids is 1. The molecule has 1 aliphatic heterocycles. The highest BCUT2D eigenvalue weighted by molar-refractivity contribution is 5.91. The summed E-state index contributed by atoms with van der Waals surface area (Å²) in [6.07, 6.45) is 0. The third-order valence-corrected chi connectivity index (χ3v) is 4.92. The zero-order valence-electron chi connectivity index (χ0n) is 17.4. The zero-order valence-corrected chi connectivity index (χ0v) is 17.4. The van der Waals surface area contributed by atoms with Crippen molar-refractivity contribution in [1.29, 1.82) is 5.26 Å². The van der Waals surface area contributed by atoms with Gasteiger partial charge in [-0.3, -0.25) is 9.69 Å². The second-order valence-electron chi connectivity index (χ2n) is 8.31. The molecule has 0 spiro atoms. The van der Waals surface area contributed by atoms with Gasteiger partial charge in [0, 0.05) is 32.2 Å². The Kier molecular flexibility index (Phi) is 5.89. The van der Waals surface area contributed by atoms with Crippen LogP contribution < -0.4 is 10.2 Å². The molecule has 1 aromatic carbocycles. The van der Waals surface area contributed by atoms with E-state index in [4.69, 9.17) is 0 Å². The van der Waals surface area contributed by atoms with Gasteiger partial charge in [-0.1, -0.05) is 6.07 Å². The minimum absolute atomic E-state index is 0.0736. The lowest BCUT2D eigenvalue weighted by Crippen LogP contribution is -2.49. The van der Waals surface area contributed by atoms with E-state index in [0.29, 0.717) is 37.7 Å². The van der Waals surface area contributed by atoms with Gasteiger partial charge >= 0.3 is 0 Å². The van der Waals surface area contributed by atoms with Crippen molar-refractivity contribution >= 4 is 17.4 Å². The van der Waals surface area contributed by atoms with Crippen molar-refractivity contribution in [2.45, 2.75) is 33.2 Å². The predicted molar refractivity (Wildman–Crippen MR) is 110 cm³/mol. The van der Waals surface area contributed by atoms with Crippen LogP contribution in [0.2, 0.25) is 0 Å². The Labute approximate surface area is 170 Å². The fraction of sp³-hybridized carbons (Fsp3) is 0.476. The summed E-state index contributed by atoms with van der Waals surface area (Å²) < 4.78 is 15.7. The van der Waals surface area contributed by atoms with Crippen LogP contribution in [0.3, 0.4) is 0 Å². The van der Waals surface area contributed by atoms with Crippen molar-refractivity contribution in [2.24, 2.45) is 0 Å². The van der Waals surface area contributed by atoms with Gasteiger partial charge in [0.25, 0.3) is 0 Å². The van der Waals surface area contributed by atoms with Crippen LogP contribution in [0.5, 0.6) is 0 Å². The largest absolute Gasteiger partial charge is 0.368 e. The molecule has 8 heteroatoms. The molecule has 1 aromatic heterocycles. The summed E-state index contributed by atoms with van der Waals surface area (Å²) in [7, 11) is 0. The minimum Gasteiger partial charge on any atom is -0.368 e. The summed E-state index contributed by atoms with van der Waals surface area (Å²) in [5, 5.41) is 16.7. The lowest BCUT2D eigenvalue weighted by Gasteiger charge is -2.36. The maximum absolute atomic E-state index is 13.9. The topological polar surface area (TPSA) is 77.2 Å². The first kappa shape index (κ1) is 20.8. The standard InChI is InChI=1S/C21H27FN6O/c1-15-12-19(28(25-15)21(2,3)4)24-20(29)14-26-8-10-27(11-9-26)18-7-5-6-17(22)16(18)13-23/h5-7,12H,8-11,14H2,1-4H3,(H,24,29). The number of aromatic nitrogens is 2. The van der Waals surface area contributed by atoms with E-state index in [2.05, 4.69) is 15.3 Å². The maximum Gasteiger partial charge on any atom is 0.239 e. The molecule has 0 unspecified atom stereocenters. The molecule has 0 saturated carbocycles. The quantitative estimate of drug-likeness (QED) is 0.857. The van der Waals surface area contributed by atoms with E-state index in [1.165, 1.54) is 6.07 Å². The molecule has 1 saturated heterocycles. The average molecular weight is 398 g/mol. The van der Waals surface area contributed by atoms with Gasteiger partial charge in [0.05, 0.1) is 23.5 Å². The lowest BCUT2D eigenvalue weighted by molar-refractivity contribution is -0.117. The summed E-state index contributed by atoms with van der Waals surface area (Å²) in [6, 6.07) is 8.50. The molecule has 1 fully saturated rings. The number of anilines is 2. The van der Waals surface area contributed by atoms with Crippen molar-refractivity contribution in [3.8, 4) is 6.07 Å². The molecule has 7 nitrogen and oxygen atoms in total. The van der Waals surface area contributed by atoms with E-state index in [1.807, 2.05) is 49.4 Å². The number of amides is 1. The molecule has 0 bridgehead atoms. The average Bonchev–Trinajstić information content (AvgIpc) is 3.02. The number of halogens is 1. The van der Waals surface area contributed by atoms with Crippen LogP contribution in [-0.4, -0.2) is 53.3 Å². The number of hydrogen-bond donors (Lipinski definition) is 1. The number of nitriles is 1. The van der Waals surface area contributed by atoms with Crippen LogP contribution in [0.1, 0.15) is 32.0 Å². The Morgan fingerprint density at radius 3 is 2.59 bits per heavy atom. The first-order valence-corrected chi connectivity index (χ1v) is 9.72. The first-order valence-electron chi connectivity index (χ1n) is 9.72. The molecule has 2 heterocycles. The molecule has 154 valence electrons. The maximum atomic E-state index is 13.9. The third kappa shape index (κ3) is 4.74. The van der Waals surface area contributed by atoms with Crippen molar-refractivity contribution in [3.05, 3.63) is 41.3 Å². The van der Waals surface area contributed by atoms with Gasteiger partial charge in [0.15, 0.2) is 0 Å². The lowest BCUT2D eigenvalue weighted by atomic mass is 10.1. The molecule has 0 radical (unpaired) electrons. The summed E-state index contributed by atoms with van der Waals surface area (Å²) >= 11 is 0. The van der Waals surface area contributed by atoms with Gasteiger partial charge in [-0.15, -0.1) is 0 Å². The highest BCUT2D eigenvalue weighted by atomic mass is 19.1. The van der Waals surface area contributed by atoms with Crippen LogP contribution in [0.25, 0.3) is 0 Å². The number of aryl methyl sites for hydroxylation is 1. The number of carbonyl (C=O) groups is 1. The Morgan fingerprint density at radius 2 is 1.97 bits per heavy atom. The summed E-state index contributed by atoms with van der Waals surface area (Å²) in [6.45, 7) is 10.9. The number of benzene rings is 1. The van der Waals surface area contributed by atoms with Crippen LogP contribution in [0, 0.1) is 24.1 Å². The second-order valence-corrected chi connectivity index (χ2v) is 8.31. The van der Waals surface area contributed by atoms with Crippen molar-refractivity contribution in [3.63, 3.8) is 0 Å². The van der Waals surface area contributed by atoms with E-state index < -0.39 is 5.82 Å². The fourth-order valence-corrected chi connectivity index (χ4v) is 3.52. The molecule has 1 amide bonds. The van der Waals surface area contributed by atoms with Gasteiger partial charge in [0.2, 0.25) is 5.91 Å². The van der Waals surface area contributed by atoms with Gasteiger partial charge in [0.1, 0.15) is 23.3 Å². The number of piperazine rings is 1. The molecule has 29 heavy (non-hydrogen) atoms. The Bertz CT molecular complexity index is 932. The fourth-order valence-electron chi connectivity index (χ4n) is 3.52. The molecule has 0 aliphatic carbocycles. The highest BCUT2D eigenvalue weighted by Crippen LogP contribution is 2.24. The second kappa shape index (κ2) is 8.21. The number of nitrogens with zero attached hydrogens (tertiary/aromatic N) is 5. The van der Waals surface area contributed by atoms with Crippen molar-refractivity contribution in [1.82, 2.24) is 14.7 Å². The van der Waals surface area contributed by atoms with E-state index in [-0.39, 0.29) is 23.6 Å². The van der Waals surface area contributed by atoms with Gasteiger partial charge in [-0.25, -0.2) is 9.07 Å². The van der Waals surface area contributed by atoms with Crippen molar-refractivity contribution < 1.29 is 9.18 Å². The van der Waals surface area contributed by atoms with E-state index in [9.17, 15) is 14.4 Å². The minimum atomic E-state index is -0.502. The van der Waals surface area contributed by atoms with Crippen LogP contribution in [0.4, 0.5) is 15.9 Å². The van der Waals surface area contributed by atoms with Crippen LogP contribution >= 0.6 is 0 Å².